The van der Waals surface area contributed by atoms with E-state index in [1.165, 1.54) is 0 Å². The summed E-state index contributed by atoms with van der Waals surface area (Å²) < 4.78 is 39.3. The summed E-state index contributed by atoms with van der Waals surface area (Å²) in [5, 5.41) is 19.2. The average molecular weight is 360 g/mol. The first-order valence-corrected chi connectivity index (χ1v) is 8.88. The molecule has 132 valence electrons. The van der Waals surface area contributed by atoms with E-state index >= 15 is 0 Å². The van der Waals surface area contributed by atoms with Crippen LogP contribution in [0, 0.1) is 10.8 Å². The molecule has 4 aliphatic rings. The van der Waals surface area contributed by atoms with Crippen molar-refractivity contribution in [3.8, 4) is 0 Å². The van der Waals surface area contributed by atoms with Gasteiger partial charge in [-0.1, -0.05) is 6.58 Å². The number of carbonyl (C=O) groups excluding carboxylic acids is 2. The van der Waals surface area contributed by atoms with Crippen molar-refractivity contribution in [2.45, 2.75) is 35.9 Å². The Morgan fingerprint density at radius 3 is 2.71 bits per heavy atom. The van der Waals surface area contributed by atoms with Gasteiger partial charge < -0.3 is 19.7 Å². The van der Waals surface area contributed by atoms with Crippen LogP contribution in [0.4, 0.5) is 0 Å². The standard InChI is InChI=1S/C14H16O9S/c1-2-7(16)21-3-8(17)22-9-10-13-4-12(9,6-15)5-14(13,18)11(13)23-24(10,19)20/h2,9-11,15,18H,1,3-6H2. The summed E-state index contributed by atoms with van der Waals surface area (Å²) in [6, 6.07) is 0. The number of hydrogen-bond donors (Lipinski definition) is 2. The van der Waals surface area contributed by atoms with Crippen LogP contribution in [0.15, 0.2) is 12.7 Å². The Morgan fingerprint density at radius 1 is 1.38 bits per heavy atom. The maximum Gasteiger partial charge on any atom is 0.344 e. The molecule has 4 fully saturated rings. The number of esters is 2. The van der Waals surface area contributed by atoms with Gasteiger partial charge >= 0.3 is 11.9 Å². The third-order valence-electron chi connectivity index (χ3n) is 5.89. The summed E-state index contributed by atoms with van der Waals surface area (Å²) in [6.45, 7) is 2.06. The molecule has 9 nitrogen and oxygen atoms in total. The molecule has 24 heavy (non-hydrogen) atoms. The molecule has 0 aromatic rings. The van der Waals surface area contributed by atoms with Crippen LogP contribution < -0.4 is 0 Å². The summed E-state index contributed by atoms with van der Waals surface area (Å²) in [5.74, 6) is -1.75. The predicted octanol–water partition coefficient (Wildman–Crippen LogP) is -1.76. The van der Waals surface area contributed by atoms with Gasteiger partial charge in [0.2, 0.25) is 0 Å². The molecule has 6 unspecified atom stereocenters. The van der Waals surface area contributed by atoms with Crippen LogP contribution in [0.2, 0.25) is 0 Å². The highest BCUT2D eigenvalue weighted by Crippen LogP contribution is 2.84. The molecule has 3 saturated carbocycles. The molecule has 10 heteroatoms. The monoisotopic (exact) mass is 360 g/mol. The molecule has 2 N–H and O–H groups in total. The van der Waals surface area contributed by atoms with E-state index in [2.05, 4.69) is 11.3 Å². The highest BCUT2D eigenvalue weighted by Gasteiger charge is 2.98. The minimum absolute atomic E-state index is 0.0948. The smallest absolute Gasteiger partial charge is 0.344 e. The van der Waals surface area contributed by atoms with Gasteiger partial charge in [-0.3, -0.25) is 4.18 Å². The summed E-state index contributed by atoms with van der Waals surface area (Å²) in [5.41, 5.74) is -3.37. The highest BCUT2D eigenvalue weighted by atomic mass is 32.2. The molecule has 0 radical (unpaired) electrons. The molecule has 0 aromatic heterocycles. The van der Waals surface area contributed by atoms with Gasteiger partial charge in [0.15, 0.2) is 6.61 Å². The zero-order valence-electron chi connectivity index (χ0n) is 12.5. The van der Waals surface area contributed by atoms with E-state index in [-0.39, 0.29) is 12.8 Å². The van der Waals surface area contributed by atoms with E-state index in [9.17, 15) is 28.2 Å². The number of aliphatic hydroxyl groups excluding tert-OH is 1. The molecule has 2 bridgehead atoms. The summed E-state index contributed by atoms with van der Waals surface area (Å²) >= 11 is 0. The van der Waals surface area contributed by atoms with Crippen molar-refractivity contribution in [1.29, 1.82) is 0 Å². The SMILES string of the molecule is C=CC(=O)OCC(=O)OC1C2C34CC1(CO)CC3(O)C4OS2(=O)=O. The summed E-state index contributed by atoms with van der Waals surface area (Å²) in [7, 11) is -4.02. The van der Waals surface area contributed by atoms with E-state index in [0.717, 1.165) is 6.08 Å². The zero-order valence-corrected chi connectivity index (χ0v) is 13.3. The number of ether oxygens (including phenoxy) is 2. The maximum atomic E-state index is 12.2. The summed E-state index contributed by atoms with van der Waals surface area (Å²) in [6.07, 6.45) is -0.829. The number of carbonyl (C=O) groups is 2. The zero-order chi connectivity index (χ0) is 17.5. The minimum Gasteiger partial charge on any atom is -0.458 e. The molecule has 4 rings (SSSR count). The fourth-order valence-corrected chi connectivity index (χ4v) is 7.35. The predicted molar refractivity (Wildman–Crippen MR) is 74.8 cm³/mol. The maximum absolute atomic E-state index is 12.2. The number of aliphatic hydroxyl groups is 2. The van der Waals surface area contributed by atoms with Gasteiger partial charge in [0.1, 0.15) is 23.1 Å². The van der Waals surface area contributed by atoms with E-state index < -0.39 is 69.2 Å². The van der Waals surface area contributed by atoms with E-state index in [1.54, 1.807) is 0 Å². The first-order chi connectivity index (χ1) is 11.2. The topological polar surface area (TPSA) is 136 Å². The highest BCUT2D eigenvalue weighted by molar-refractivity contribution is 7.87. The van der Waals surface area contributed by atoms with E-state index in [0.29, 0.717) is 0 Å². The lowest BCUT2D eigenvalue weighted by atomic mass is 9.80. The van der Waals surface area contributed by atoms with E-state index in [4.69, 9.17) is 8.92 Å². The lowest BCUT2D eigenvalue weighted by molar-refractivity contribution is -0.168. The lowest BCUT2D eigenvalue weighted by Crippen LogP contribution is -2.53. The van der Waals surface area contributed by atoms with Crippen LogP contribution in [-0.2, 0) is 33.4 Å². The molecule has 1 spiro atoms. The van der Waals surface area contributed by atoms with Crippen LogP contribution in [-0.4, -0.2) is 66.8 Å². The Kier molecular flexibility index (Phi) is 2.91. The van der Waals surface area contributed by atoms with Crippen molar-refractivity contribution < 1.29 is 41.9 Å². The molecule has 0 aromatic carbocycles. The van der Waals surface area contributed by atoms with Crippen molar-refractivity contribution in [2.24, 2.45) is 10.8 Å². The van der Waals surface area contributed by atoms with E-state index in [1.807, 2.05) is 0 Å². The van der Waals surface area contributed by atoms with Crippen LogP contribution in [0.3, 0.4) is 0 Å². The van der Waals surface area contributed by atoms with Gasteiger partial charge in [-0.15, -0.1) is 0 Å². The molecule has 1 aliphatic heterocycles. The van der Waals surface area contributed by atoms with Gasteiger partial charge in [-0.05, 0) is 12.8 Å². The Morgan fingerprint density at radius 2 is 2.08 bits per heavy atom. The Balaban J connectivity index is 1.60. The molecular formula is C14H16O9S. The molecule has 3 aliphatic carbocycles. The van der Waals surface area contributed by atoms with Gasteiger partial charge in [0.05, 0.1) is 12.0 Å². The van der Waals surface area contributed by atoms with Gasteiger partial charge in [-0.2, -0.15) is 8.42 Å². The first kappa shape index (κ1) is 16.0. The van der Waals surface area contributed by atoms with Crippen molar-refractivity contribution in [3.05, 3.63) is 12.7 Å². The second-order valence-electron chi connectivity index (χ2n) is 6.95. The minimum atomic E-state index is -4.02. The second kappa shape index (κ2) is 4.37. The fraction of sp³-hybridized carbons (Fsp3) is 0.714. The fourth-order valence-electron chi connectivity index (χ4n) is 5.06. The van der Waals surface area contributed by atoms with Crippen LogP contribution >= 0.6 is 0 Å². The normalized spacial score (nSPS) is 48.7. The quantitative estimate of drug-likeness (QED) is 0.332. The van der Waals surface area contributed by atoms with Crippen molar-refractivity contribution >= 4 is 22.1 Å². The van der Waals surface area contributed by atoms with Gasteiger partial charge in [0, 0.05) is 11.5 Å². The molecule has 0 amide bonds. The van der Waals surface area contributed by atoms with Crippen molar-refractivity contribution in [1.82, 2.24) is 0 Å². The molecular weight excluding hydrogens is 344 g/mol. The van der Waals surface area contributed by atoms with Crippen molar-refractivity contribution in [2.75, 3.05) is 13.2 Å². The largest absolute Gasteiger partial charge is 0.458 e. The Hall–Kier alpha value is -1.49. The Bertz CT molecular complexity index is 760. The number of fused-ring (bicyclic) bond motifs is 2. The molecule has 6 atom stereocenters. The van der Waals surface area contributed by atoms with Crippen molar-refractivity contribution in [3.63, 3.8) is 0 Å². The van der Waals surface area contributed by atoms with Gasteiger partial charge in [0.25, 0.3) is 10.1 Å². The molecule has 1 saturated heterocycles. The number of rotatable bonds is 5. The number of hydrogen-bond acceptors (Lipinski definition) is 9. The van der Waals surface area contributed by atoms with Crippen LogP contribution in [0.25, 0.3) is 0 Å². The van der Waals surface area contributed by atoms with Crippen LogP contribution in [0.5, 0.6) is 0 Å². The summed E-state index contributed by atoms with van der Waals surface area (Å²) in [4.78, 5) is 22.9. The Labute approximate surface area is 137 Å². The first-order valence-electron chi connectivity index (χ1n) is 7.41. The second-order valence-corrected chi connectivity index (χ2v) is 8.64. The third kappa shape index (κ3) is 1.57. The lowest BCUT2D eigenvalue weighted by Gasteiger charge is -2.38. The molecule has 1 heterocycles. The van der Waals surface area contributed by atoms with Crippen LogP contribution in [0.1, 0.15) is 12.8 Å². The van der Waals surface area contributed by atoms with Gasteiger partial charge in [-0.25, -0.2) is 9.59 Å². The average Bonchev–Trinajstić information content (AvgIpc) is 2.85. The third-order valence-corrected chi connectivity index (χ3v) is 7.64.